The van der Waals surface area contributed by atoms with Crippen LogP contribution in [0.2, 0.25) is 0 Å². The standard InChI is InChI=1S/C10H21NO3/c1-12-6-7-13-5-3-11-8-10-2-4-14-9-10/h10-11H,2-9H2,1H3. The molecule has 4 nitrogen and oxygen atoms in total. The summed E-state index contributed by atoms with van der Waals surface area (Å²) in [6.45, 7) is 5.93. The van der Waals surface area contributed by atoms with Crippen molar-refractivity contribution >= 4 is 0 Å². The highest BCUT2D eigenvalue weighted by Crippen LogP contribution is 2.10. The van der Waals surface area contributed by atoms with Crippen LogP contribution < -0.4 is 5.32 Å². The fourth-order valence-electron chi connectivity index (χ4n) is 1.44. The van der Waals surface area contributed by atoms with Gasteiger partial charge in [-0.05, 0) is 12.3 Å². The summed E-state index contributed by atoms with van der Waals surface area (Å²) in [5.41, 5.74) is 0. The van der Waals surface area contributed by atoms with Crippen LogP contribution in [0, 0.1) is 5.92 Å². The Balaban J connectivity index is 1.75. The second-order valence-corrected chi connectivity index (χ2v) is 3.54. The van der Waals surface area contributed by atoms with Gasteiger partial charge in [-0.1, -0.05) is 0 Å². The molecule has 1 rings (SSSR count). The Labute approximate surface area is 85.9 Å². The lowest BCUT2D eigenvalue weighted by molar-refractivity contribution is 0.0716. The van der Waals surface area contributed by atoms with Crippen LogP contribution in [0.25, 0.3) is 0 Å². The van der Waals surface area contributed by atoms with Crippen LogP contribution in [0.5, 0.6) is 0 Å². The average molecular weight is 203 g/mol. The lowest BCUT2D eigenvalue weighted by Gasteiger charge is -2.09. The Morgan fingerprint density at radius 2 is 2.29 bits per heavy atom. The number of ether oxygens (including phenoxy) is 3. The first kappa shape index (κ1) is 11.9. The van der Waals surface area contributed by atoms with Gasteiger partial charge in [0.25, 0.3) is 0 Å². The molecule has 0 saturated carbocycles. The molecule has 0 aromatic heterocycles. The van der Waals surface area contributed by atoms with Crippen molar-refractivity contribution < 1.29 is 14.2 Å². The summed E-state index contributed by atoms with van der Waals surface area (Å²) in [5, 5.41) is 3.36. The van der Waals surface area contributed by atoms with E-state index >= 15 is 0 Å². The number of hydrogen-bond acceptors (Lipinski definition) is 4. The van der Waals surface area contributed by atoms with E-state index in [1.165, 1.54) is 6.42 Å². The van der Waals surface area contributed by atoms with E-state index < -0.39 is 0 Å². The lowest BCUT2D eigenvalue weighted by Crippen LogP contribution is -2.26. The highest BCUT2D eigenvalue weighted by atomic mass is 16.5. The SMILES string of the molecule is COCCOCCNCC1CCOC1. The molecule has 0 aliphatic carbocycles. The van der Waals surface area contributed by atoms with Crippen LogP contribution in [0.15, 0.2) is 0 Å². The topological polar surface area (TPSA) is 39.7 Å². The third-order valence-corrected chi connectivity index (χ3v) is 2.31. The second-order valence-electron chi connectivity index (χ2n) is 3.54. The lowest BCUT2D eigenvalue weighted by atomic mass is 10.1. The maximum absolute atomic E-state index is 5.32. The van der Waals surface area contributed by atoms with E-state index in [0.29, 0.717) is 19.1 Å². The second kappa shape index (κ2) is 8.17. The molecule has 14 heavy (non-hydrogen) atoms. The molecule has 1 N–H and O–H groups in total. The van der Waals surface area contributed by atoms with Crippen molar-refractivity contribution in [1.82, 2.24) is 5.32 Å². The zero-order chi connectivity index (χ0) is 10.1. The zero-order valence-electron chi connectivity index (χ0n) is 8.96. The molecule has 4 heteroatoms. The van der Waals surface area contributed by atoms with Gasteiger partial charge in [0.1, 0.15) is 0 Å². The molecule has 84 valence electrons. The van der Waals surface area contributed by atoms with Gasteiger partial charge in [0, 0.05) is 26.8 Å². The van der Waals surface area contributed by atoms with E-state index in [0.717, 1.165) is 32.9 Å². The maximum atomic E-state index is 5.32. The number of hydrogen-bond donors (Lipinski definition) is 1. The zero-order valence-corrected chi connectivity index (χ0v) is 8.96. The summed E-state index contributed by atoms with van der Waals surface area (Å²) >= 11 is 0. The molecule has 1 heterocycles. The van der Waals surface area contributed by atoms with Crippen molar-refractivity contribution in [2.45, 2.75) is 6.42 Å². The molecule has 0 spiro atoms. The summed E-state index contributed by atoms with van der Waals surface area (Å²) in [7, 11) is 1.68. The Bertz CT molecular complexity index is 127. The van der Waals surface area contributed by atoms with Gasteiger partial charge in [-0.2, -0.15) is 0 Å². The van der Waals surface area contributed by atoms with E-state index in [9.17, 15) is 0 Å². The first-order chi connectivity index (χ1) is 6.93. The highest BCUT2D eigenvalue weighted by molar-refractivity contribution is 4.66. The molecule has 0 radical (unpaired) electrons. The third-order valence-electron chi connectivity index (χ3n) is 2.31. The van der Waals surface area contributed by atoms with E-state index in [-0.39, 0.29) is 0 Å². The molecular formula is C10H21NO3. The van der Waals surface area contributed by atoms with Gasteiger partial charge in [0.05, 0.1) is 26.4 Å². The quantitative estimate of drug-likeness (QED) is 0.575. The normalized spacial score (nSPS) is 21.6. The minimum absolute atomic E-state index is 0.677. The predicted molar refractivity (Wildman–Crippen MR) is 54.5 cm³/mol. The maximum Gasteiger partial charge on any atom is 0.0700 e. The van der Waals surface area contributed by atoms with Crippen LogP contribution in [-0.4, -0.2) is 53.2 Å². The predicted octanol–water partition coefficient (Wildman–Crippen LogP) is 0.276. The van der Waals surface area contributed by atoms with Gasteiger partial charge in [0.2, 0.25) is 0 Å². The van der Waals surface area contributed by atoms with Crippen molar-refractivity contribution in [3.63, 3.8) is 0 Å². The van der Waals surface area contributed by atoms with Crippen molar-refractivity contribution in [2.75, 3.05) is 53.2 Å². The fraction of sp³-hybridized carbons (Fsp3) is 1.00. The fourth-order valence-corrected chi connectivity index (χ4v) is 1.44. The number of nitrogens with one attached hydrogen (secondary N) is 1. The monoisotopic (exact) mass is 203 g/mol. The molecule has 0 aromatic rings. The average Bonchev–Trinajstić information content (AvgIpc) is 2.69. The molecule has 1 aliphatic rings. The molecule has 1 fully saturated rings. The summed E-state index contributed by atoms with van der Waals surface area (Å²) < 4.78 is 15.5. The van der Waals surface area contributed by atoms with Gasteiger partial charge in [0.15, 0.2) is 0 Å². The molecule has 0 aromatic carbocycles. The van der Waals surface area contributed by atoms with Crippen molar-refractivity contribution in [2.24, 2.45) is 5.92 Å². The Kier molecular flexibility index (Phi) is 6.95. The number of methoxy groups -OCH3 is 1. The molecule has 0 bridgehead atoms. The van der Waals surface area contributed by atoms with Crippen molar-refractivity contribution in [3.05, 3.63) is 0 Å². The molecular weight excluding hydrogens is 182 g/mol. The van der Waals surface area contributed by atoms with Crippen molar-refractivity contribution in [1.29, 1.82) is 0 Å². The third kappa shape index (κ3) is 5.54. The Morgan fingerprint density at radius 3 is 3.00 bits per heavy atom. The highest BCUT2D eigenvalue weighted by Gasteiger charge is 2.14. The largest absolute Gasteiger partial charge is 0.382 e. The van der Waals surface area contributed by atoms with E-state index in [1.54, 1.807) is 7.11 Å². The summed E-state index contributed by atoms with van der Waals surface area (Å²) in [5.74, 6) is 0.703. The van der Waals surface area contributed by atoms with Crippen LogP contribution >= 0.6 is 0 Å². The Morgan fingerprint density at radius 1 is 1.36 bits per heavy atom. The van der Waals surface area contributed by atoms with E-state index in [4.69, 9.17) is 14.2 Å². The molecule has 0 amide bonds. The van der Waals surface area contributed by atoms with E-state index in [1.807, 2.05) is 0 Å². The van der Waals surface area contributed by atoms with Crippen LogP contribution in [0.1, 0.15) is 6.42 Å². The van der Waals surface area contributed by atoms with Gasteiger partial charge in [-0.3, -0.25) is 0 Å². The van der Waals surface area contributed by atoms with E-state index in [2.05, 4.69) is 5.32 Å². The van der Waals surface area contributed by atoms with Crippen LogP contribution in [0.3, 0.4) is 0 Å². The first-order valence-corrected chi connectivity index (χ1v) is 5.28. The minimum Gasteiger partial charge on any atom is -0.382 e. The molecule has 1 aliphatic heterocycles. The smallest absolute Gasteiger partial charge is 0.0700 e. The molecule has 1 saturated heterocycles. The van der Waals surface area contributed by atoms with Gasteiger partial charge in [-0.25, -0.2) is 0 Å². The van der Waals surface area contributed by atoms with Crippen LogP contribution in [0.4, 0.5) is 0 Å². The summed E-state index contributed by atoms with van der Waals surface area (Å²) in [6, 6.07) is 0. The van der Waals surface area contributed by atoms with Gasteiger partial charge < -0.3 is 19.5 Å². The Hall–Kier alpha value is -0.160. The van der Waals surface area contributed by atoms with Crippen molar-refractivity contribution in [3.8, 4) is 0 Å². The minimum atomic E-state index is 0.677. The summed E-state index contributed by atoms with van der Waals surface area (Å²) in [6.07, 6.45) is 1.19. The van der Waals surface area contributed by atoms with Crippen LogP contribution in [-0.2, 0) is 14.2 Å². The van der Waals surface area contributed by atoms with Gasteiger partial charge >= 0.3 is 0 Å². The molecule has 1 atom stereocenters. The first-order valence-electron chi connectivity index (χ1n) is 5.28. The van der Waals surface area contributed by atoms with Gasteiger partial charge in [-0.15, -0.1) is 0 Å². The summed E-state index contributed by atoms with van der Waals surface area (Å²) in [4.78, 5) is 0. The number of rotatable bonds is 8. The molecule has 1 unspecified atom stereocenters.